The van der Waals surface area contributed by atoms with E-state index in [0.717, 1.165) is 21.9 Å². The molecule has 0 saturated carbocycles. The van der Waals surface area contributed by atoms with Crippen molar-refractivity contribution in [3.8, 4) is 17.2 Å². The Hall–Kier alpha value is -5.15. The van der Waals surface area contributed by atoms with E-state index in [1.807, 2.05) is 87.5 Å². The van der Waals surface area contributed by atoms with Crippen molar-refractivity contribution in [2.45, 2.75) is 53.4 Å². The number of allylic oxidation sites excluding steroid dienone is 1. The van der Waals surface area contributed by atoms with Crippen LogP contribution in [0.15, 0.2) is 106 Å². The van der Waals surface area contributed by atoms with Gasteiger partial charge in [-0.2, -0.15) is 0 Å². The van der Waals surface area contributed by atoms with Crippen molar-refractivity contribution < 1.29 is 23.7 Å². The SMILES string of the molecule is CCOC(=O)C1=C(C)N=c2s/c(=C/c3ccc(OCc4cccc5ccccc45)c(OCC)c3)c(=O)n2[C@@H]1c1ccccc1OC(C)C. The Morgan fingerprint density at radius 2 is 1.69 bits per heavy atom. The first-order valence-corrected chi connectivity index (χ1v) is 16.9. The normalized spacial score (nSPS) is 14.5. The highest BCUT2D eigenvalue weighted by Crippen LogP contribution is 2.36. The number of carbonyl (C=O) groups excluding carboxylic acids is 1. The van der Waals surface area contributed by atoms with Crippen molar-refractivity contribution in [2.75, 3.05) is 13.2 Å². The maximum absolute atomic E-state index is 14.2. The maximum atomic E-state index is 14.2. The summed E-state index contributed by atoms with van der Waals surface area (Å²) in [5, 5.41) is 2.30. The first kappa shape index (κ1) is 32.8. The molecule has 0 amide bonds. The number of fused-ring (bicyclic) bond motifs is 2. The molecule has 0 bridgehead atoms. The van der Waals surface area contributed by atoms with Gasteiger partial charge in [-0.25, -0.2) is 9.79 Å². The summed E-state index contributed by atoms with van der Waals surface area (Å²) in [4.78, 5) is 32.8. The Morgan fingerprint density at radius 3 is 2.48 bits per heavy atom. The van der Waals surface area contributed by atoms with Crippen LogP contribution >= 0.6 is 11.3 Å². The molecule has 0 N–H and O–H groups in total. The number of para-hydroxylation sites is 1. The Morgan fingerprint density at radius 1 is 0.917 bits per heavy atom. The molecule has 5 aromatic rings. The second kappa shape index (κ2) is 14.3. The van der Waals surface area contributed by atoms with Crippen molar-refractivity contribution >= 4 is 34.2 Å². The van der Waals surface area contributed by atoms with Crippen LogP contribution in [0.2, 0.25) is 0 Å². The lowest BCUT2D eigenvalue weighted by molar-refractivity contribution is -0.139. The number of esters is 1. The van der Waals surface area contributed by atoms with E-state index < -0.39 is 12.0 Å². The van der Waals surface area contributed by atoms with Gasteiger partial charge < -0.3 is 18.9 Å². The van der Waals surface area contributed by atoms with E-state index in [2.05, 4.69) is 24.3 Å². The molecule has 1 aromatic heterocycles. The van der Waals surface area contributed by atoms with E-state index in [4.69, 9.17) is 23.9 Å². The minimum Gasteiger partial charge on any atom is -0.491 e. The van der Waals surface area contributed by atoms with Crippen LogP contribution in [0.1, 0.15) is 57.4 Å². The predicted octanol–water partition coefficient (Wildman–Crippen LogP) is 6.72. The number of nitrogens with zero attached hydrogens (tertiary/aromatic N) is 2. The fourth-order valence-corrected chi connectivity index (χ4v) is 6.93. The number of ether oxygens (including phenoxy) is 4. The molecule has 9 heteroatoms. The second-order valence-electron chi connectivity index (χ2n) is 11.6. The van der Waals surface area contributed by atoms with E-state index in [9.17, 15) is 9.59 Å². The third-order valence-electron chi connectivity index (χ3n) is 7.92. The van der Waals surface area contributed by atoms with Gasteiger partial charge in [-0.1, -0.05) is 78.1 Å². The highest BCUT2D eigenvalue weighted by Gasteiger charge is 2.35. The standard InChI is InChI=1S/C39H38N2O6S/c1-6-44-33-21-26(19-20-32(33)46-23-28-15-12-14-27-13-8-9-16-29(27)28)22-34-37(42)41-36(30-17-10-11-18-31(30)47-24(3)4)35(38(43)45-7-2)25(5)40-39(41)48-34/h8-22,24,36H,6-7,23H2,1-5H3/b34-22+/t36-/m1/s1. The molecule has 0 saturated heterocycles. The molecule has 0 spiro atoms. The van der Waals surface area contributed by atoms with Gasteiger partial charge in [0.05, 0.1) is 35.1 Å². The van der Waals surface area contributed by atoms with Crippen molar-refractivity contribution in [3.63, 3.8) is 0 Å². The highest BCUT2D eigenvalue weighted by atomic mass is 32.1. The molecular weight excluding hydrogens is 625 g/mol. The molecule has 8 nitrogen and oxygen atoms in total. The number of carbonyl (C=O) groups is 1. The molecule has 4 aromatic carbocycles. The summed E-state index contributed by atoms with van der Waals surface area (Å²) < 4.78 is 25.9. The molecular formula is C39H38N2O6S. The number of hydrogen-bond acceptors (Lipinski definition) is 8. The fraction of sp³-hybridized carbons (Fsp3) is 0.256. The number of thiazole rings is 1. The number of aromatic nitrogens is 1. The van der Waals surface area contributed by atoms with Crippen molar-refractivity contribution in [1.82, 2.24) is 4.57 Å². The molecule has 0 aliphatic carbocycles. The van der Waals surface area contributed by atoms with Crippen LogP contribution in [-0.2, 0) is 16.1 Å². The van der Waals surface area contributed by atoms with Gasteiger partial charge in [0.25, 0.3) is 5.56 Å². The minimum absolute atomic E-state index is 0.114. The average Bonchev–Trinajstić information content (AvgIpc) is 3.37. The van der Waals surface area contributed by atoms with Gasteiger partial charge in [0.1, 0.15) is 18.4 Å². The largest absolute Gasteiger partial charge is 0.491 e. The van der Waals surface area contributed by atoms with Crippen molar-refractivity contribution in [3.05, 3.63) is 133 Å². The molecule has 0 unspecified atom stereocenters. The third kappa shape index (κ3) is 6.64. The molecule has 0 fully saturated rings. The number of benzene rings is 4. The highest BCUT2D eigenvalue weighted by molar-refractivity contribution is 7.07. The van der Waals surface area contributed by atoms with E-state index in [0.29, 0.717) is 56.6 Å². The van der Waals surface area contributed by atoms with Gasteiger partial charge in [0.15, 0.2) is 16.3 Å². The van der Waals surface area contributed by atoms with Gasteiger partial charge in [-0.05, 0) is 80.8 Å². The second-order valence-corrected chi connectivity index (χ2v) is 12.6. The lowest BCUT2D eigenvalue weighted by Gasteiger charge is -2.26. The summed E-state index contributed by atoms with van der Waals surface area (Å²) in [5.74, 6) is 1.26. The van der Waals surface area contributed by atoms with E-state index >= 15 is 0 Å². The lowest BCUT2D eigenvalue weighted by Crippen LogP contribution is -2.40. The Bertz CT molecular complexity index is 2190. The molecule has 0 radical (unpaired) electrons. The summed E-state index contributed by atoms with van der Waals surface area (Å²) in [7, 11) is 0. The minimum atomic E-state index is -0.777. The first-order chi connectivity index (χ1) is 23.3. The van der Waals surface area contributed by atoms with Crippen LogP contribution in [0, 0.1) is 0 Å². The van der Waals surface area contributed by atoms with E-state index in [-0.39, 0.29) is 18.3 Å². The van der Waals surface area contributed by atoms with E-state index in [1.54, 1.807) is 18.4 Å². The lowest BCUT2D eigenvalue weighted by atomic mass is 9.95. The Kier molecular flexibility index (Phi) is 9.77. The van der Waals surface area contributed by atoms with Crippen molar-refractivity contribution in [2.24, 2.45) is 4.99 Å². The van der Waals surface area contributed by atoms with E-state index in [1.165, 1.54) is 11.3 Å². The van der Waals surface area contributed by atoms with Gasteiger partial charge in [0.2, 0.25) is 0 Å². The molecule has 1 atom stereocenters. The molecule has 246 valence electrons. The number of rotatable bonds is 11. The molecule has 1 aliphatic rings. The predicted molar refractivity (Wildman–Crippen MR) is 188 cm³/mol. The third-order valence-corrected chi connectivity index (χ3v) is 8.90. The summed E-state index contributed by atoms with van der Waals surface area (Å²) in [6, 6.07) is 26.7. The number of hydrogen-bond donors (Lipinski definition) is 0. The first-order valence-electron chi connectivity index (χ1n) is 16.1. The fourth-order valence-electron chi connectivity index (χ4n) is 5.88. The summed E-state index contributed by atoms with van der Waals surface area (Å²) in [6.07, 6.45) is 1.70. The van der Waals surface area contributed by atoms with Crippen LogP contribution in [0.3, 0.4) is 0 Å². The quantitative estimate of drug-likeness (QED) is 0.146. The van der Waals surface area contributed by atoms with Crippen LogP contribution in [0.5, 0.6) is 17.2 Å². The topological polar surface area (TPSA) is 88.4 Å². The molecule has 2 heterocycles. The monoisotopic (exact) mass is 662 g/mol. The average molecular weight is 663 g/mol. The van der Waals surface area contributed by atoms with Gasteiger partial charge in [-0.15, -0.1) is 0 Å². The summed E-state index contributed by atoms with van der Waals surface area (Å²) >= 11 is 1.27. The molecule has 1 aliphatic heterocycles. The van der Waals surface area contributed by atoms with Crippen LogP contribution in [0.4, 0.5) is 0 Å². The molecule has 48 heavy (non-hydrogen) atoms. The zero-order chi connectivity index (χ0) is 33.8. The van der Waals surface area contributed by atoms with Crippen LogP contribution < -0.4 is 29.1 Å². The Balaban J connectivity index is 1.40. The van der Waals surface area contributed by atoms with Crippen LogP contribution in [0.25, 0.3) is 16.8 Å². The van der Waals surface area contributed by atoms with Gasteiger partial charge >= 0.3 is 5.97 Å². The summed E-state index contributed by atoms with van der Waals surface area (Å²) in [5.41, 5.74) is 3.06. The van der Waals surface area contributed by atoms with Crippen LogP contribution in [-0.4, -0.2) is 29.9 Å². The summed E-state index contributed by atoms with van der Waals surface area (Å²) in [6.45, 7) is 10.3. The maximum Gasteiger partial charge on any atom is 0.338 e. The Labute approximate surface area is 283 Å². The molecule has 6 rings (SSSR count). The zero-order valence-electron chi connectivity index (χ0n) is 27.7. The smallest absolute Gasteiger partial charge is 0.338 e. The van der Waals surface area contributed by atoms with Gasteiger partial charge in [0, 0.05) is 5.56 Å². The zero-order valence-corrected chi connectivity index (χ0v) is 28.5. The van der Waals surface area contributed by atoms with Gasteiger partial charge in [-0.3, -0.25) is 9.36 Å². The van der Waals surface area contributed by atoms with Crippen molar-refractivity contribution in [1.29, 1.82) is 0 Å².